The van der Waals surface area contributed by atoms with Crippen LogP contribution in [0.3, 0.4) is 0 Å². The molecule has 100 valence electrons. The Hall–Kier alpha value is -0.570. The predicted octanol–water partition coefficient (Wildman–Crippen LogP) is 2.16. The van der Waals surface area contributed by atoms with E-state index in [1.807, 2.05) is 6.92 Å². The lowest BCUT2D eigenvalue weighted by atomic mass is 9.74. The van der Waals surface area contributed by atoms with Gasteiger partial charge in [-0.05, 0) is 30.6 Å². The Balaban J connectivity index is 2.60. The van der Waals surface area contributed by atoms with Gasteiger partial charge in [-0.1, -0.05) is 34.1 Å². The maximum Gasteiger partial charge on any atom is 0.224 e. The highest BCUT2D eigenvalue weighted by atomic mass is 16.1. The van der Waals surface area contributed by atoms with Gasteiger partial charge in [0.1, 0.15) is 0 Å². The minimum Gasteiger partial charge on any atom is -0.353 e. The molecule has 0 aromatic rings. The Labute approximate surface area is 106 Å². The zero-order valence-corrected chi connectivity index (χ0v) is 11.7. The summed E-state index contributed by atoms with van der Waals surface area (Å²) in [6.45, 7) is 9.12. The highest BCUT2D eigenvalue weighted by molar-refractivity contribution is 5.78. The third-order valence-corrected chi connectivity index (χ3v) is 4.15. The van der Waals surface area contributed by atoms with Crippen LogP contribution in [0.1, 0.15) is 47.0 Å². The molecule has 0 aromatic heterocycles. The van der Waals surface area contributed by atoms with E-state index in [-0.39, 0.29) is 11.8 Å². The number of carbonyl (C=O) groups is 1. The molecule has 17 heavy (non-hydrogen) atoms. The molecule has 0 aliphatic heterocycles. The van der Waals surface area contributed by atoms with E-state index in [9.17, 15) is 4.79 Å². The minimum atomic E-state index is -0.0694. The van der Waals surface area contributed by atoms with Crippen LogP contribution in [0, 0.1) is 23.7 Å². The second-order valence-electron chi connectivity index (χ2n) is 6.08. The van der Waals surface area contributed by atoms with Crippen LogP contribution < -0.4 is 11.1 Å². The fraction of sp³-hybridized carbons (Fsp3) is 0.929. The molecule has 0 saturated heterocycles. The first-order chi connectivity index (χ1) is 7.95. The van der Waals surface area contributed by atoms with Crippen LogP contribution in [0.25, 0.3) is 0 Å². The van der Waals surface area contributed by atoms with Gasteiger partial charge in [0, 0.05) is 18.5 Å². The highest BCUT2D eigenvalue weighted by Crippen LogP contribution is 2.33. The molecule has 0 spiro atoms. The summed E-state index contributed by atoms with van der Waals surface area (Å²) < 4.78 is 0. The molecule has 3 nitrogen and oxygen atoms in total. The van der Waals surface area contributed by atoms with E-state index in [0.717, 1.165) is 12.3 Å². The summed E-state index contributed by atoms with van der Waals surface area (Å²) in [5, 5.41) is 3.21. The second kappa shape index (κ2) is 6.39. The number of hydrogen-bond acceptors (Lipinski definition) is 2. The van der Waals surface area contributed by atoms with Gasteiger partial charge in [0.15, 0.2) is 0 Å². The zero-order valence-electron chi connectivity index (χ0n) is 11.7. The first-order valence-electron chi connectivity index (χ1n) is 6.96. The summed E-state index contributed by atoms with van der Waals surface area (Å²) in [6.07, 6.45) is 3.65. The van der Waals surface area contributed by atoms with Gasteiger partial charge >= 0.3 is 0 Å². The maximum absolute atomic E-state index is 11.9. The molecular formula is C14H28N2O. The quantitative estimate of drug-likeness (QED) is 0.791. The Kier molecular flexibility index (Phi) is 5.44. The second-order valence-corrected chi connectivity index (χ2v) is 6.08. The minimum absolute atomic E-state index is 0.0694. The van der Waals surface area contributed by atoms with Crippen molar-refractivity contribution in [2.24, 2.45) is 29.4 Å². The molecule has 0 radical (unpaired) electrons. The van der Waals surface area contributed by atoms with E-state index in [2.05, 4.69) is 26.1 Å². The summed E-state index contributed by atoms with van der Waals surface area (Å²) in [4.78, 5) is 11.9. The number of hydrogen-bond donors (Lipinski definition) is 2. The summed E-state index contributed by atoms with van der Waals surface area (Å²) in [5.74, 6) is 2.04. The SMILES string of the molecule is CC1CCC(C(C)C)C(NC(=O)C(C)CN)C1. The van der Waals surface area contributed by atoms with Crippen molar-refractivity contribution in [3.05, 3.63) is 0 Å². The largest absolute Gasteiger partial charge is 0.353 e. The summed E-state index contributed by atoms with van der Waals surface area (Å²) >= 11 is 0. The van der Waals surface area contributed by atoms with Crippen molar-refractivity contribution in [2.45, 2.75) is 53.0 Å². The van der Waals surface area contributed by atoms with Crippen molar-refractivity contribution in [3.63, 3.8) is 0 Å². The number of nitrogens with one attached hydrogen (secondary N) is 1. The fourth-order valence-electron chi connectivity index (χ4n) is 2.80. The van der Waals surface area contributed by atoms with Gasteiger partial charge < -0.3 is 11.1 Å². The van der Waals surface area contributed by atoms with Crippen molar-refractivity contribution >= 4 is 5.91 Å². The molecule has 1 saturated carbocycles. The highest BCUT2D eigenvalue weighted by Gasteiger charge is 2.32. The van der Waals surface area contributed by atoms with Crippen molar-refractivity contribution < 1.29 is 4.79 Å². The molecule has 1 amide bonds. The van der Waals surface area contributed by atoms with Crippen LogP contribution in [0.15, 0.2) is 0 Å². The molecule has 0 aromatic carbocycles. The summed E-state index contributed by atoms with van der Waals surface area (Å²) in [5.41, 5.74) is 5.54. The number of carbonyl (C=O) groups excluding carboxylic acids is 1. The Morgan fingerprint density at radius 2 is 2.00 bits per heavy atom. The molecule has 0 bridgehead atoms. The zero-order chi connectivity index (χ0) is 13.0. The molecule has 4 atom stereocenters. The average molecular weight is 240 g/mol. The monoisotopic (exact) mass is 240 g/mol. The summed E-state index contributed by atoms with van der Waals surface area (Å²) in [6, 6.07) is 0.347. The van der Waals surface area contributed by atoms with Crippen LogP contribution in [0.5, 0.6) is 0 Å². The van der Waals surface area contributed by atoms with Gasteiger partial charge in [-0.3, -0.25) is 4.79 Å². The first-order valence-corrected chi connectivity index (χ1v) is 6.96. The average Bonchev–Trinajstić information content (AvgIpc) is 2.27. The molecule has 3 heteroatoms. The lowest BCUT2D eigenvalue weighted by Crippen LogP contribution is -2.48. The van der Waals surface area contributed by atoms with Crippen LogP contribution in [0.4, 0.5) is 0 Å². The third kappa shape index (κ3) is 3.98. The Bertz CT molecular complexity index is 253. The first kappa shape index (κ1) is 14.5. The van der Waals surface area contributed by atoms with Crippen molar-refractivity contribution in [3.8, 4) is 0 Å². The molecule has 1 fully saturated rings. The molecule has 1 aliphatic carbocycles. The standard InChI is InChI=1S/C14H28N2O/c1-9(2)12-6-5-10(3)7-13(12)16-14(17)11(4)8-15/h9-13H,5-8,15H2,1-4H3,(H,16,17). The van der Waals surface area contributed by atoms with Crippen LogP contribution in [0.2, 0.25) is 0 Å². The third-order valence-electron chi connectivity index (χ3n) is 4.15. The van der Waals surface area contributed by atoms with Crippen molar-refractivity contribution in [2.75, 3.05) is 6.54 Å². The van der Waals surface area contributed by atoms with Gasteiger partial charge in [-0.15, -0.1) is 0 Å². The number of rotatable bonds is 4. The van der Waals surface area contributed by atoms with E-state index < -0.39 is 0 Å². The van der Waals surface area contributed by atoms with Crippen molar-refractivity contribution in [1.82, 2.24) is 5.32 Å². The maximum atomic E-state index is 11.9. The van der Waals surface area contributed by atoms with Gasteiger partial charge in [0.25, 0.3) is 0 Å². The Morgan fingerprint density at radius 3 is 2.53 bits per heavy atom. The predicted molar refractivity (Wildman–Crippen MR) is 71.5 cm³/mol. The van der Waals surface area contributed by atoms with Crippen LogP contribution >= 0.6 is 0 Å². The van der Waals surface area contributed by atoms with E-state index in [0.29, 0.717) is 24.4 Å². The number of nitrogens with two attached hydrogens (primary N) is 1. The topological polar surface area (TPSA) is 55.1 Å². The van der Waals surface area contributed by atoms with E-state index >= 15 is 0 Å². The van der Waals surface area contributed by atoms with E-state index in [1.165, 1.54) is 12.8 Å². The molecule has 1 rings (SSSR count). The van der Waals surface area contributed by atoms with Gasteiger partial charge in [0.2, 0.25) is 5.91 Å². The normalized spacial score (nSPS) is 31.3. The molecule has 0 heterocycles. The van der Waals surface area contributed by atoms with Crippen molar-refractivity contribution in [1.29, 1.82) is 0 Å². The number of amides is 1. The Morgan fingerprint density at radius 1 is 1.35 bits per heavy atom. The van der Waals surface area contributed by atoms with Gasteiger partial charge in [0.05, 0.1) is 0 Å². The van der Waals surface area contributed by atoms with Gasteiger partial charge in [-0.25, -0.2) is 0 Å². The lowest BCUT2D eigenvalue weighted by Gasteiger charge is -2.38. The summed E-state index contributed by atoms with van der Waals surface area (Å²) in [7, 11) is 0. The lowest BCUT2D eigenvalue weighted by molar-refractivity contribution is -0.125. The van der Waals surface area contributed by atoms with Crippen LogP contribution in [-0.4, -0.2) is 18.5 Å². The molecule has 1 aliphatic rings. The van der Waals surface area contributed by atoms with E-state index in [1.54, 1.807) is 0 Å². The molecule has 3 N–H and O–H groups in total. The van der Waals surface area contributed by atoms with Gasteiger partial charge in [-0.2, -0.15) is 0 Å². The van der Waals surface area contributed by atoms with E-state index in [4.69, 9.17) is 5.73 Å². The fourth-order valence-corrected chi connectivity index (χ4v) is 2.80. The molecular weight excluding hydrogens is 212 g/mol. The molecule has 4 unspecified atom stereocenters. The van der Waals surface area contributed by atoms with Crippen LogP contribution in [-0.2, 0) is 4.79 Å². The smallest absolute Gasteiger partial charge is 0.224 e.